The summed E-state index contributed by atoms with van der Waals surface area (Å²) in [6.07, 6.45) is 4.10. The average molecular weight is 192 g/mol. The van der Waals surface area contributed by atoms with Crippen molar-refractivity contribution in [2.24, 2.45) is 10.4 Å². The minimum absolute atomic E-state index is 0.232. The molecular formula is C12H20N2. The van der Waals surface area contributed by atoms with Crippen LogP contribution in [0, 0.1) is 5.41 Å². The van der Waals surface area contributed by atoms with Gasteiger partial charge in [-0.25, -0.2) is 0 Å². The molecule has 0 aromatic carbocycles. The van der Waals surface area contributed by atoms with Crippen LogP contribution in [-0.2, 0) is 0 Å². The Bertz CT molecular complexity index is 301. The highest BCUT2D eigenvalue weighted by molar-refractivity contribution is 5.64. The Morgan fingerprint density at radius 1 is 1.50 bits per heavy atom. The van der Waals surface area contributed by atoms with Crippen molar-refractivity contribution in [3.05, 3.63) is 23.0 Å². The van der Waals surface area contributed by atoms with Gasteiger partial charge in [-0.3, -0.25) is 4.99 Å². The van der Waals surface area contributed by atoms with Crippen LogP contribution in [0.2, 0.25) is 0 Å². The number of allylic oxidation sites excluding steroid dienone is 3. The van der Waals surface area contributed by atoms with Gasteiger partial charge < -0.3 is 5.32 Å². The third kappa shape index (κ3) is 2.72. The molecule has 0 bridgehead atoms. The van der Waals surface area contributed by atoms with Gasteiger partial charge >= 0.3 is 0 Å². The van der Waals surface area contributed by atoms with Gasteiger partial charge in [-0.2, -0.15) is 0 Å². The summed E-state index contributed by atoms with van der Waals surface area (Å²) < 4.78 is 0. The number of aliphatic imine (C=N–C) groups is 1. The summed E-state index contributed by atoms with van der Waals surface area (Å²) in [7, 11) is 0. The molecule has 1 aliphatic rings. The summed E-state index contributed by atoms with van der Waals surface area (Å²) in [4.78, 5) is 4.29. The van der Waals surface area contributed by atoms with Crippen LogP contribution in [-0.4, -0.2) is 12.8 Å². The summed E-state index contributed by atoms with van der Waals surface area (Å²) in [5, 5.41) is 3.33. The maximum absolute atomic E-state index is 4.29. The molecule has 2 heteroatoms. The summed E-state index contributed by atoms with van der Waals surface area (Å²) in [5.74, 6) is 0. The molecule has 0 amide bonds. The second-order valence-electron chi connectivity index (χ2n) is 4.77. The zero-order valence-electron chi connectivity index (χ0n) is 9.81. The van der Waals surface area contributed by atoms with Crippen LogP contribution in [0.3, 0.4) is 0 Å². The third-order valence-corrected chi connectivity index (χ3v) is 2.60. The van der Waals surface area contributed by atoms with E-state index in [1.807, 2.05) is 13.1 Å². The highest BCUT2D eigenvalue weighted by atomic mass is 14.9. The number of hydrogen-bond acceptors (Lipinski definition) is 2. The lowest BCUT2D eigenvalue weighted by Gasteiger charge is -2.21. The van der Waals surface area contributed by atoms with Crippen molar-refractivity contribution in [3.63, 3.8) is 0 Å². The number of rotatable bonds is 1. The quantitative estimate of drug-likeness (QED) is 0.678. The Hall–Kier alpha value is -1.05. The van der Waals surface area contributed by atoms with E-state index in [1.165, 1.54) is 5.57 Å². The van der Waals surface area contributed by atoms with Gasteiger partial charge in [-0.05, 0) is 25.3 Å². The van der Waals surface area contributed by atoms with Crippen molar-refractivity contribution in [1.82, 2.24) is 5.32 Å². The highest BCUT2D eigenvalue weighted by Crippen LogP contribution is 2.25. The Morgan fingerprint density at radius 2 is 2.14 bits per heavy atom. The van der Waals surface area contributed by atoms with Crippen LogP contribution in [0.25, 0.3) is 0 Å². The fraction of sp³-hybridized carbons (Fsp3) is 0.583. The maximum atomic E-state index is 4.29. The van der Waals surface area contributed by atoms with Crippen molar-refractivity contribution >= 4 is 6.21 Å². The van der Waals surface area contributed by atoms with Crippen molar-refractivity contribution in [1.29, 1.82) is 0 Å². The molecule has 0 fully saturated rings. The average Bonchev–Trinajstić information content (AvgIpc) is 2.07. The Morgan fingerprint density at radius 3 is 2.64 bits per heavy atom. The molecule has 0 atom stereocenters. The van der Waals surface area contributed by atoms with Crippen molar-refractivity contribution < 1.29 is 0 Å². The molecule has 1 rings (SSSR count). The van der Waals surface area contributed by atoms with Gasteiger partial charge in [0.15, 0.2) is 0 Å². The molecule has 0 aromatic rings. The molecule has 0 spiro atoms. The molecule has 0 aliphatic carbocycles. The molecule has 78 valence electrons. The first-order chi connectivity index (χ1) is 6.41. The summed E-state index contributed by atoms with van der Waals surface area (Å²) in [5.41, 5.74) is 3.83. The van der Waals surface area contributed by atoms with Crippen LogP contribution in [0.15, 0.2) is 28.0 Å². The minimum atomic E-state index is 0.232. The van der Waals surface area contributed by atoms with E-state index in [1.54, 1.807) is 0 Å². The van der Waals surface area contributed by atoms with Crippen LogP contribution < -0.4 is 5.32 Å². The third-order valence-electron chi connectivity index (χ3n) is 2.60. The molecule has 1 N–H and O–H groups in total. The molecule has 14 heavy (non-hydrogen) atoms. The van der Waals surface area contributed by atoms with Crippen LogP contribution in [0.1, 0.15) is 34.6 Å². The number of nitrogens with one attached hydrogen (secondary N) is 1. The largest absolute Gasteiger partial charge is 0.379 e. The van der Waals surface area contributed by atoms with Crippen LogP contribution in [0.5, 0.6) is 0 Å². The van der Waals surface area contributed by atoms with Gasteiger partial charge in [-0.1, -0.05) is 26.3 Å². The zero-order valence-corrected chi connectivity index (χ0v) is 9.81. The van der Waals surface area contributed by atoms with E-state index in [0.29, 0.717) is 0 Å². The maximum Gasteiger partial charge on any atom is 0.0600 e. The molecule has 0 radical (unpaired) electrons. The molecular weight excluding hydrogens is 172 g/mol. The van der Waals surface area contributed by atoms with Crippen LogP contribution in [0.4, 0.5) is 0 Å². The first-order valence-electron chi connectivity index (χ1n) is 5.07. The van der Waals surface area contributed by atoms with E-state index in [-0.39, 0.29) is 5.41 Å². The number of nitrogens with zero attached hydrogens (tertiary/aromatic N) is 1. The van der Waals surface area contributed by atoms with E-state index in [4.69, 9.17) is 0 Å². The molecule has 2 nitrogen and oxygen atoms in total. The van der Waals surface area contributed by atoms with Gasteiger partial charge in [0.1, 0.15) is 0 Å². The molecule has 1 heterocycles. The Labute approximate surface area is 86.8 Å². The number of hydrogen-bond donors (Lipinski definition) is 1. The fourth-order valence-corrected chi connectivity index (χ4v) is 1.12. The van der Waals surface area contributed by atoms with Crippen LogP contribution >= 0.6 is 0 Å². The molecule has 0 unspecified atom stereocenters. The zero-order chi connectivity index (χ0) is 10.8. The second kappa shape index (κ2) is 3.99. The Kier molecular flexibility index (Phi) is 3.14. The fourth-order valence-electron chi connectivity index (χ4n) is 1.12. The molecule has 0 saturated heterocycles. The molecule has 0 saturated carbocycles. The van der Waals surface area contributed by atoms with Gasteiger partial charge in [0.25, 0.3) is 0 Å². The van der Waals surface area contributed by atoms with E-state index in [9.17, 15) is 0 Å². The van der Waals surface area contributed by atoms with Crippen molar-refractivity contribution in [2.75, 3.05) is 6.54 Å². The standard InChI is InChI=1S/C12H20N2/c1-9(12(3,4)5)8-11-10(2)13-6-7-14-11/h6,8,14H,7H2,1-5H3/b9-8+. The highest BCUT2D eigenvalue weighted by Gasteiger charge is 2.13. The predicted molar refractivity (Wildman–Crippen MR) is 62.4 cm³/mol. The lowest BCUT2D eigenvalue weighted by atomic mass is 9.87. The van der Waals surface area contributed by atoms with Gasteiger partial charge in [0.05, 0.1) is 17.9 Å². The minimum Gasteiger partial charge on any atom is -0.379 e. The SMILES string of the molecule is CC1=C(/C=C(\C)C(C)(C)C)NCC=N1. The molecule has 0 aromatic heterocycles. The monoisotopic (exact) mass is 192 g/mol. The lowest BCUT2D eigenvalue weighted by molar-refractivity contribution is 0.503. The van der Waals surface area contributed by atoms with Gasteiger partial charge in [-0.15, -0.1) is 0 Å². The predicted octanol–water partition coefficient (Wildman–Crippen LogP) is 2.88. The summed E-state index contributed by atoms with van der Waals surface area (Å²) in [6.45, 7) is 11.7. The summed E-state index contributed by atoms with van der Waals surface area (Å²) in [6, 6.07) is 0. The lowest BCUT2D eigenvalue weighted by Crippen LogP contribution is -2.20. The summed E-state index contributed by atoms with van der Waals surface area (Å²) >= 11 is 0. The van der Waals surface area contributed by atoms with E-state index < -0.39 is 0 Å². The molecule has 1 aliphatic heterocycles. The van der Waals surface area contributed by atoms with Crippen molar-refractivity contribution in [2.45, 2.75) is 34.6 Å². The Balaban J connectivity index is 2.91. The smallest absolute Gasteiger partial charge is 0.0600 e. The normalized spacial score (nSPS) is 18.5. The van der Waals surface area contributed by atoms with E-state index in [2.05, 4.69) is 44.1 Å². The van der Waals surface area contributed by atoms with Gasteiger partial charge in [0, 0.05) is 6.21 Å². The first-order valence-corrected chi connectivity index (χ1v) is 5.07. The van der Waals surface area contributed by atoms with Crippen molar-refractivity contribution in [3.8, 4) is 0 Å². The van der Waals surface area contributed by atoms with Gasteiger partial charge in [0.2, 0.25) is 0 Å². The van der Waals surface area contributed by atoms with E-state index >= 15 is 0 Å². The second-order valence-corrected chi connectivity index (χ2v) is 4.77. The first kappa shape index (κ1) is 11.0. The van der Waals surface area contributed by atoms with E-state index in [0.717, 1.165) is 17.9 Å². The topological polar surface area (TPSA) is 24.4 Å².